The summed E-state index contributed by atoms with van der Waals surface area (Å²) in [5.41, 5.74) is 0. The largest absolute Gasteiger partial charge is 0.463 e. The van der Waals surface area contributed by atoms with Crippen LogP contribution in [0.15, 0.2) is 0 Å². The number of carbonyl (C=O) groups is 3. The molecule has 3 aliphatic rings. The summed E-state index contributed by atoms with van der Waals surface area (Å²) in [5, 5.41) is 0. The van der Waals surface area contributed by atoms with Crippen molar-refractivity contribution in [3.8, 4) is 0 Å². The second kappa shape index (κ2) is 7.47. The van der Waals surface area contributed by atoms with Crippen molar-refractivity contribution in [1.29, 1.82) is 0 Å². The summed E-state index contributed by atoms with van der Waals surface area (Å²) in [7, 11) is 0. The molecule has 3 rings (SSSR count). The van der Waals surface area contributed by atoms with Crippen LogP contribution < -0.4 is 0 Å². The Morgan fingerprint density at radius 2 is 1.69 bits per heavy atom. The number of rotatable bonds is 4. The summed E-state index contributed by atoms with van der Waals surface area (Å²) in [6.07, 6.45) is -3.48. The Bertz CT molecular complexity index is 569. The van der Waals surface area contributed by atoms with Crippen LogP contribution >= 0.6 is 0 Å². The van der Waals surface area contributed by atoms with Gasteiger partial charge in [0.15, 0.2) is 24.6 Å². The van der Waals surface area contributed by atoms with Gasteiger partial charge in [-0.05, 0) is 6.42 Å². The first kappa shape index (κ1) is 19.0. The Labute approximate surface area is 149 Å². The van der Waals surface area contributed by atoms with Crippen LogP contribution in [-0.4, -0.2) is 67.8 Å². The molecule has 6 atom stereocenters. The SMILES string of the molecule is CC(=O)OCC1OC2O[C@]3(CCCO3)OC2C(OC(C)=O)C1OC(C)=O. The highest BCUT2D eigenvalue weighted by Crippen LogP contribution is 2.43. The number of fused-ring (bicyclic) bond motifs is 1. The van der Waals surface area contributed by atoms with Crippen molar-refractivity contribution >= 4 is 17.9 Å². The molecule has 0 aromatic rings. The quantitative estimate of drug-likeness (QED) is 0.492. The number of hydrogen-bond donors (Lipinski definition) is 0. The van der Waals surface area contributed by atoms with E-state index in [1.54, 1.807) is 0 Å². The maximum absolute atomic E-state index is 11.6. The van der Waals surface area contributed by atoms with Crippen molar-refractivity contribution < 1.29 is 47.5 Å². The monoisotopic (exact) mass is 374 g/mol. The minimum atomic E-state index is -1.27. The van der Waals surface area contributed by atoms with E-state index in [0.717, 1.165) is 6.42 Å². The molecule has 0 radical (unpaired) electrons. The lowest BCUT2D eigenvalue weighted by Crippen LogP contribution is -2.60. The Hall–Kier alpha value is -1.75. The van der Waals surface area contributed by atoms with E-state index in [4.69, 9.17) is 33.2 Å². The van der Waals surface area contributed by atoms with Crippen molar-refractivity contribution in [1.82, 2.24) is 0 Å². The van der Waals surface area contributed by atoms with Gasteiger partial charge in [-0.3, -0.25) is 19.1 Å². The predicted molar refractivity (Wildman–Crippen MR) is 80.3 cm³/mol. The Morgan fingerprint density at radius 1 is 1.00 bits per heavy atom. The average Bonchev–Trinajstić information content (AvgIpc) is 3.13. The van der Waals surface area contributed by atoms with Crippen LogP contribution in [0.1, 0.15) is 33.6 Å². The number of ether oxygens (including phenoxy) is 7. The maximum Gasteiger partial charge on any atom is 0.303 e. The summed E-state index contributed by atoms with van der Waals surface area (Å²) in [5.74, 6) is -2.99. The summed E-state index contributed by atoms with van der Waals surface area (Å²) in [4.78, 5) is 34.3. The van der Waals surface area contributed by atoms with Crippen LogP contribution in [0.25, 0.3) is 0 Å². The van der Waals surface area contributed by atoms with Gasteiger partial charge in [-0.2, -0.15) is 0 Å². The lowest BCUT2D eigenvalue weighted by atomic mass is 9.98. The maximum atomic E-state index is 11.6. The molecule has 0 bridgehead atoms. The third-order valence-electron chi connectivity index (χ3n) is 4.21. The van der Waals surface area contributed by atoms with Crippen molar-refractivity contribution in [2.45, 2.75) is 70.3 Å². The molecule has 3 fully saturated rings. The van der Waals surface area contributed by atoms with E-state index in [-0.39, 0.29) is 6.61 Å². The predicted octanol–water partition coefficient (Wildman–Crippen LogP) is 0.0174. The first-order valence-electron chi connectivity index (χ1n) is 8.42. The molecular weight excluding hydrogens is 352 g/mol. The Kier molecular flexibility index (Phi) is 5.47. The zero-order valence-electron chi connectivity index (χ0n) is 14.8. The first-order valence-corrected chi connectivity index (χ1v) is 8.42. The molecule has 0 aromatic heterocycles. The van der Waals surface area contributed by atoms with Gasteiger partial charge in [-0.15, -0.1) is 0 Å². The molecule has 3 saturated heterocycles. The highest BCUT2D eigenvalue weighted by Gasteiger charge is 2.61. The number of carbonyl (C=O) groups excluding carboxylic acids is 3. The third-order valence-corrected chi connectivity index (χ3v) is 4.21. The lowest BCUT2D eigenvalue weighted by molar-refractivity contribution is -0.334. The molecule has 0 amide bonds. The van der Waals surface area contributed by atoms with Crippen molar-refractivity contribution in [2.75, 3.05) is 13.2 Å². The molecule has 146 valence electrons. The van der Waals surface area contributed by atoms with Gasteiger partial charge < -0.3 is 28.4 Å². The normalized spacial score (nSPS) is 38.7. The van der Waals surface area contributed by atoms with E-state index in [1.807, 2.05) is 0 Å². The van der Waals surface area contributed by atoms with Gasteiger partial charge in [0.25, 0.3) is 5.97 Å². The summed E-state index contributed by atoms with van der Waals surface area (Å²) in [6, 6.07) is 0. The van der Waals surface area contributed by atoms with Gasteiger partial charge in [0.1, 0.15) is 12.7 Å². The van der Waals surface area contributed by atoms with Crippen LogP contribution in [0.5, 0.6) is 0 Å². The van der Waals surface area contributed by atoms with Crippen LogP contribution in [-0.2, 0) is 47.5 Å². The zero-order chi connectivity index (χ0) is 18.9. The van der Waals surface area contributed by atoms with Crippen LogP contribution in [0.3, 0.4) is 0 Å². The van der Waals surface area contributed by atoms with Gasteiger partial charge in [0.2, 0.25) is 0 Å². The fraction of sp³-hybridized carbons (Fsp3) is 0.812. The van der Waals surface area contributed by atoms with Crippen molar-refractivity contribution in [2.24, 2.45) is 0 Å². The number of esters is 3. The second-order valence-electron chi connectivity index (χ2n) is 6.33. The number of hydrogen-bond acceptors (Lipinski definition) is 10. The molecular formula is C16H22O10. The summed E-state index contributed by atoms with van der Waals surface area (Å²) < 4.78 is 38.6. The summed E-state index contributed by atoms with van der Waals surface area (Å²) in [6.45, 7) is 3.95. The Morgan fingerprint density at radius 3 is 2.27 bits per heavy atom. The fourth-order valence-corrected chi connectivity index (χ4v) is 3.28. The smallest absolute Gasteiger partial charge is 0.303 e. The highest BCUT2D eigenvalue weighted by molar-refractivity contribution is 5.67. The fourth-order valence-electron chi connectivity index (χ4n) is 3.28. The minimum absolute atomic E-state index is 0.203. The van der Waals surface area contributed by atoms with Crippen LogP contribution in [0.4, 0.5) is 0 Å². The highest BCUT2D eigenvalue weighted by atomic mass is 16.9. The van der Waals surface area contributed by atoms with Gasteiger partial charge in [-0.25, -0.2) is 0 Å². The first-order chi connectivity index (χ1) is 12.3. The lowest BCUT2D eigenvalue weighted by Gasteiger charge is -2.40. The summed E-state index contributed by atoms with van der Waals surface area (Å²) >= 11 is 0. The Balaban J connectivity index is 1.85. The zero-order valence-corrected chi connectivity index (χ0v) is 14.8. The molecule has 5 unspecified atom stereocenters. The molecule has 0 aliphatic carbocycles. The van der Waals surface area contributed by atoms with E-state index in [1.165, 1.54) is 20.8 Å². The molecule has 3 aliphatic heterocycles. The van der Waals surface area contributed by atoms with E-state index >= 15 is 0 Å². The second-order valence-corrected chi connectivity index (χ2v) is 6.33. The molecule has 0 aromatic carbocycles. The van der Waals surface area contributed by atoms with Crippen LogP contribution in [0.2, 0.25) is 0 Å². The van der Waals surface area contributed by atoms with Gasteiger partial charge >= 0.3 is 17.9 Å². The van der Waals surface area contributed by atoms with E-state index in [9.17, 15) is 14.4 Å². The van der Waals surface area contributed by atoms with E-state index < -0.39 is 54.6 Å². The van der Waals surface area contributed by atoms with Crippen LogP contribution in [0, 0.1) is 0 Å². The molecule has 0 N–H and O–H groups in total. The van der Waals surface area contributed by atoms with Crippen molar-refractivity contribution in [3.63, 3.8) is 0 Å². The molecule has 3 heterocycles. The topological polar surface area (TPSA) is 116 Å². The molecule has 10 heteroatoms. The third kappa shape index (κ3) is 3.98. The molecule has 1 spiro atoms. The van der Waals surface area contributed by atoms with Crippen molar-refractivity contribution in [3.05, 3.63) is 0 Å². The average molecular weight is 374 g/mol. The molecule has 26 heavy (non-hydrogen) atoms. The van der Waals surface area contributed by atoms with E-state index in [0.29, 0.717) is 13.0 Å². The van der Waals surface area contributed by atoms with Gasteiger partial charge in [0.05, 0.1) is 6.61 Å². The molecule has 0 saturated carbocycles. The molecule has 10 nitrogen and oxygen atoms in total. The van der Waals surface area contributed by atoms with E-state index in [2.05, 4.69) is 0 Å². The minimum Gasteiger partial charge on any atom is -0.463 e. The van der Waals surface area contributed by atoms with Gasteiger partial charge in [0, 0.05) is 27.2 Å². The van der Waals surface area contributed by atoms with Gasteiger partial charge in [-0.1, -0.05) is 0 Å². The standard InChI is InChI=1S/C16H22O10/c1-8(17)20-7-11-12(22-9(2)18)13(23-10(3)19)14-15(24-11)26-16(25-14)5-4-6-21-16/h11-15H,4-7H2,1-3H3/t11?,12?,13?,14?,15?,16-/m0/s1.